The van der Waals surface area contributed by atoms with E-state index < -0.39 is 17.6 Å². The zero-order valence-corrected chi connectivity index (χ0v) is 14.4. The Morgan fingerprint density at radius 2 is 1.62 bits per heavy atom. The number of rotatable bonds is 5. The molecule has 138 valence electrons. The second-order valence-electron chi connectivity index (χ2n) is 5.86. The maximum atomic E-state index is 13.0. The third-order valence-corrected chi connectivity index (χ3v) is 3.86. The van der Waals surface area contributed by atoms with Crippen molar-refractivity contribution in [2.75, 3.05) is 5.32 Å². The lowest BCUT2D eigenvalue weighted by Crippen LogP contribution is -2.32. The standard InChI is InChI=1S/C19H19F3N2O2/c1-3-12(2)23-17(25)13-7-6-8-14(11-13)18(26)24-16-10-5-4-9-15(16)19(20,21)22/h4-12H,3H2,1-2H3,(H,23,25)(H,24,26). The van der Waals surface area contributed by atoms with Crippen molar-refractivity contribution in [3.8, 4) is 0 Å². The SMILES string of the molecule is CCC(C)NC(=O)c1cccc(C(=O)Nc2ccccc2C(F)(F)F)c1. The van der Waals surface area contributed by atoms with E-state index in [1.54, 1.807) is 0 Å². The minimum absolute atomic E-state index is 0.0290. The number of amides is 2. The van der Waals surface area contributed by atoms with E-state index in [2.05, 4.69) is 10.6 Å². The molecule has 2 amide bonds. The monoisotopic (exact) mass is 364 g/mol. The summed E-state index contributed by atoms with van der Waals surface area (Å²) in [6, 6.07) is 10.5. The topological polar surface area (TPSA) is 58.2 Å². The van der Waals surface area contributed by atoms with E-state index in [0.29, 0.717) is 0 Å². The normalized spacial score (nSPS) is 12.3. The molecule has 0 aliphatic carbocycles. The van der Waals surface area contributed by atoms with Crippen LogP contribution in [0.15, 0.2) is 48.5 Å². The number of alkyl halides is 3. The molecular weight excluding hydrogens is 345 g/mol. The van der Waals surface area contributed by atoms with E-state index in [4.69, 9.17) is 0 Å². The molecule has 2 N–H and O–H groups in total. The number of hydrogen-bond acceptors (Lipinski definition) is 2. The number of carbonyl (C=O) groups excluding carboxylic acids is 2. The van der Waals surface area contributed by atoms with Gasteiger partial charge in [0.05, 0.1) is 11.3 Å². The molecule has 1 atom stereocenters. The molecule has 7 heteroatoms. The van der Waals surface area contributed by atoms with E-state index in [1.807, 2.05) is 13.8 Å². The maximum Gasteiger partial charge on any atom is 0.418 e. The van der Waals surface area contributed by atoms with Crippen LogP contribution in [-0.2, 0) is 6.18 Å². The van der Waals surface area contributed by atoms with Gasteiger partial charge in [0.1, 0.15) is 0 Å². The van der Waals surface area contributed by atoms with Crippen LogP contribution >= 0.6 is 0 Å². The van der Waals surface area contributed by atoms with Crippen molar-refractivity contribution in [1.29, 1.82) is 0 Å². The Kier molecular flexibility index (Phi) is 6.02. The first kappa shape index (κ1) is 19.5. The molecule has 0 heterocycles. The Labute approximate surface area is 149 Å². The maximum absolute atomic E-state index is 13.0. The third-order valence-electron chi connectivity index (χ3n) is 3.86. The number of halogens is 3. The molecular formula is C19H19F3N2O2. The summed E-state index contributed by atoms with van der Waals surface area (Å²) in [6.07, 6.45) is -3.83. The molecule has 2 aromatic carbocycles. The van der Waals surface area contributed by atoms with Gasteiger partial charge in [0.2, 0.25) is 0 Å². The van der Waals surface area contributed by atoms with Gasteiger partial charge >= 0.3 is 6.18 Å². The average molecular weight is 364 g/mol. The van der Waals surface area contributed by atoms with Gasteiger partial charge in [-0.3, -0.25) is 9.59 Å². The molecule has 0 bridgehead atoms. The number of para-hydroxylation sites is 1. The smallest absolute Gasteiger partial charge is 0.350 e. The first-order valence-corrected chi connectivity index (χ1v) is 8.11. The van der Waals surface area contributed by atoms with Crippen LogP contribution in [0.3, 0.4) is 0 Å². The number of benzene rings is 2. The van der Waals surface area contributed by atoms with Crippen LogP contribution < -0.4 is 10.6 Å². The van der Waals surface area contributed by atoms with Crippen molar-refractivity contribution < 1.29 is 22.8 Å². The number of nitrogens with one attached hydrogen (secondary N) is 2. The van der Waals surface area contributed by atoms with E-state index in [9.17, 15) is 22.8 Å². The van der Waals surface area contributed by atoms with Crippen LogP contribution in [0.1, 0.15) is 46.5 Å². The minimum atomic E-state index is -4.58. The Morgan fingerprint density at radius 1 is 1.00 bits per heavy atom. The predicted molar refractivity (Wildman–Crippen MR) is 93.1 cm³/mol. The molecule has 1 unspecified atom stereocenters. The number of hydrogen-bond donors (Lipinski definition) is 2. The minimum Gasteiger partial charge on any atom is -0.350 e. The molecule has 0 aliphatic heterocycles. The number of carbonyl (C=O) groups is 2. The quantitative estimate of drug-likeness (QED) is 0.821. The molecule has 4 nitrogen and oxygen atoms in total. The summed E-state index contributed by atoms with van der Waals surface area (Å²) in [5, 5.41) is 5.03. The van der Waals surface area contributed by atoms with E-state index in [0.717, 1.165) is 12.5 Å². The summed E-state index contributed by atoms with van der Waals surface area (Å²) in [7, 11) is 0. The first-order valence-electron chi connectivity index (χ1n) is 8.11. The van der Waals surface area contributed by atoms with Crippen LogP contribution in [0.4, 0.5) is 18.9 Å². The summed E-state index contributed by atoms with van der Waals surface area (Å²) in [4.78, 5) is 24.5. The highest BCUT2D eigenvalue weighted by Gasteiger charge is 2.33. The summed E-state index contributed by atoms with van der Waals surface area (Å²) in [5.74, 6) is -1.07. The van der Waals surface area contributed by atoms with Crippen molar-refractivity contribution >= 4 is 17.5 Å². The fraction of sp³-hybridized carbons (Fsp3) is 0.263. The first-order chi connectivity index (χ1) is 12.2. The lowest BCUT2D eigenvalue weighted by atomic mass is 10.1. The van der Waals surface area contributed by atoms with Crippen LogP contribution in [0.2, 0.25) is 0 Å². The van der Waals surface area contributed by atoms with E-state index >= 15 is 0 Å². The Morgan fingerprint density at radius 3 is 2.23 bits per heavy atom. The summed E-state index contributed by atoms with van der Waals surface area (Å²) < 4.78 is 39.1. The molecule has 0 aliphatic rings. The van der Waals surface area contributed by atoms with Crippen molar-refractivity contribution in [2.45, 2.75) is 32.5 Å². The van der Waals surface area contributed by atoms with Crippen LogP contribution in [0, 0.1) is 0 Å². The van der Waals surface area contributed by atoms with Gasteiger partial charge < -0.3 is 10.6 Å². The molecule has 0 spiro atoms. The molecule has 0 aromatic heterocycles. The molecule has 2 rings (SSSR count). The highest BCUT2D eigenvalue weighted by molar-refractivity contribution is 6.06. The highest BCUT2D eigenvalue weighted by Crippen LogP contribution is 2.34. The Hall–Kier alpha value is -2.83. The lowest BCUT2D eigenvalue weighted by molar-refractivity contribution is -0.136. The van der Waals surface area contributed by atoms with Crippen molar-refractivity contribution in [3.63, 3.8) is 0 Å². The zero-order chi connectivity index (χ0) is 19.3. The fourth-order valence-electron chi connectivity index (χ4n) is 2.24. The van der Waals surface area contributed by atoms with Gasteiger partial charge in [-0.2, -0.15) is 13.2 Å². The van der Waals surface area contributed by atoms with Gasteiger partial charge in [-0.15, -0.1) is 0 Å². The summed E-state index contributed by atoms with van der Waals surface area (Å²) >= 11 is 0. The fourth-order valence-corrected chi connectivity index (χ4v) is 2.24. The van der Waals surface area contributed by atoms with Gasteiger partial charge in [0.15, 0.2) is 0 Å². The second kappa shape index (κ2) is 8.03. The Balaban J connectivity index is 2.22. The third kappa shape index (κ3) is 4.84. The lowest BCUT2D eigenvalue weighted by Gasteiger charge is -2.14. The molecule has 0 fully saturated rings. The van der Waals surface area contributed by atoms with Crippen LogP contribution in [-0.4, -0.2) is 17.9 Å². The van der Waals surface area contributed by atoms with Gasteiger partial charge in [-0.25, -0.2) is 0 Å². The average Bonchev–Trinajstić information content (AvgIpc) is 2.61. The van der Waals surface area contributed by atoms with Crippen molar-refractivity contribution in [1.82, 2.24) is 5.32 Å². The van der Waals surface area contributed by atoms with Crippen LogP contribution in [0.25, 0.3) is 0 Å². The summed E-state index contributed by atoms with van der Waals surface area (Å²) in [5.41, 5.74) is -0.903. The van der Waals surface area contributed by atoms with Gasteiger partial charge in [-0.1, -0.05) is 25.1 Å². The second-order valence-corrected chi connectivity index (χ2v) is 5.86. The van der Waals surface area contributed by atoms with Crippen LogP contribution in [0.5, 0.6) is 0 Å². The molecule has 26 heavy (non-hydrogen) atoms. The number of anilines is 1. The van der Waals surface area contributed by atoms with Crippen molar-refractivity contribution in [2.24, 2.45) is 0 Å². The van der Waals surface area contributed by atoms with Gasteiger partial charge in [-0.05, 0) is 43.7 Å². The Bertz CT molecular complexity index is 803. The van der Waals surface area contributed by atoms with Gasteiger partial charge in [0, 0.05) is 17.2 Å². The van der Waals surface area contributed by atoms with E-state index in [-0.39, 0.29) is 28.8 Å². The highest BCUT2D eigenvalue weighted by atomic mass is 19.4. The summed E-state index contributed by atoms with van der Waals surface area (Å²) in [6.45, 7) is 3.77. The largest absolute Gasteiger partial charge is 0.418 e. The molecule has 2 aromatic rings. The molecule has 0 radical (unpaired) electrons. The molecule has 0 saturated heterocycles. The van der Waals surface area contributed by atoms with E-state index in [1.165, 1.54) is 42.5 Å². The van der Waals surface area contributed by atoms with Crippen molar-refractivity contribution in [3.05, 3.63) is 65.2 Å². The molecule has 0 saturated carbocycles. The predicted octanol–water partition coefficient (Wildman–Crippen LogP) is 4.49. The zero-order valence-electron chi connectivity index (χ0n) is 14.4. The van der Waals surface area contributed by atoms with Gasteiger partial charge in [0.25, 0.3) is 11.8 Å².